The van der Waals surface area contributed by atoms with Gasteiger partial charge in [0.1, 0.15) is 41.4 Å². The number of hydrogen-bond acceptors (Lipinski definition) is 17. The molecule has 0 radical (unpaired) electrons. The fourth-order valence-electron chi connectivity index (χ4n) is 11.2. The normalized spacial score (nSPS) is 16.8. The highest BCUT2D eigenvalue weighted by Crippen LogP contribution is 2.32. The summed E-state index contributed by atoms with van der Waals surface area (Å²) in [6, 6.07) is 33.2. The van der Waals surface area contributed by atoms with Crippen molar-refractivity contribution in [1.29, 1.82) is 0 Å². The van der Waals surface area contributed by atoms with Crippen LogP contribution in [0.4, 0.5) is 31.4 Å². The van der Waals surface area contributed by atoms with Crippen molar-refractivity contribution in [2.45, 2.75) is 123 Å². The summed E-state index contributed by atoms with van der Waals surface area (Å²) in [5.41, 5.74) is 3.68. The van der Waals surface area contributed by atoms with Crippen LogP contribution < -0.4 is 30.2 Å². The number of amides is 6. The summed E-state index contributed by atoms with van der Waals surface area (Å²) in [6.45, 7) is 21.9. The minimum atomic E-state index is -4.02. The van der Waals surface area contributed by atoms with Crippen molar-refractivity contribution >= 4 is 95.8 Å². The van der Waals surface area contributed by atoms with Gasteiger partial charge in [-0.25, -0.2) is 54.1 Å². The van der Waals surface area contributed by atoms with E-state index in [-0.39, 0.29) is 76.0 Å². The van der Waals surface area contributed by atoms with E-state index in [1.807, 2.05) is 38.1 Å². The molecule has 0 spiro atoms. The number of ether oxygens (including phenoxy) is 3. The van der Waals surface area contributed by atoms with Gasteiger partial charge >= 0.3 is 24.2 Å². The average Bonchev–Trinajstić information content (AvgIpc) is 1.56. The zero-order valence-corrected chi connectivity index (χ0v) is 61.2. The van der Waals surface area contributed by atoms with Gasteiger partial charge in [-0.15, -0.1) is 0 Å². The van der Waals surface area contributed by atoms with Crippen LogP contribution in [0.2, 0.25) is 0 Å². The molecule has 0 saturated carbocycles. The lowest BCUT2D eigenvalue weighted by molar-refractivity contribution is -0.142. The number of hydrogen-bond donors (Lipinski definition) is 4. The van der Waals surface area contributed by atoms with Gasteiger partial charge in [0.15, 0.2) is 11.4 Å². The molecule has 4 N–H and O–H groups in total. The first-order valence-electron chi connectivity index (χ1n) is 32.9. The molecule has 3 aliphatic rings. The Hall–Kier alpha value is -10.6. The van der Waals surface area contributed by atoms with Gasteiger partial charge < -0.3 is 50.0 Å². The van der Waals surface area contributed by atoms with Crippen LogP contribution >= 0.6 is 0 Å². The number of nitrogens with zero attached hydrogens (tertiary/aromatic N) is 9. The maximum Gasteiger partial charge on any atom is 0.414 e. The van der Waals surface area contributed by atoms with Crippen LogP contribution in [-0.4, -0.2) is 205 Å². The summed E-state index contributed by atoms with van der Waals surface area (Å²) in [5.74, 6) is -1.47. The number of aliphatic carboxylic acids is 1. The monoisotopic (exact) mass is 1480 g/mol. The molecule has 552 valence electrons. The molecule has 3 aliphatic heterocycles. The van der Waals surface area contributed by atoms with Gasteiger partial charge in [0, 0.05) is 80.4 Å². The summed E-state index contributed by atoms with van der Waals surface area (Å²) >= 11 is 0. The minimum absolute atomic E-state index is 0.0422. The molecule has 9 rings (SSSR count). The number of benzene rings is 6. The van der Waals surface area contributed by atoms with Gasteiger partial charge in [0.05, 0.1) is 33.5 Å². The quantitative estimate of drug-likeness (QED) is 0.0345. The SMILES string of the molecule is C=Nc1ccc(S(=O)(=O)N2CCC[C@H]2C(=O)N[C@H](C)Cc2ccc(OC(=O)N(C)C)cc2)cc1.[C-]#[N+]c1ccc(S(=O)(=O)N2CCC[C@H]2C(=O)N[C@@H](Cc2ccc(OC(=O)N(C)C)cc2)C(=O)O)cc1.[C-]#[N+]c1ccc(S(=O)(=O)N2CCC[C@H]2C(=O)N[C@H](C)Cc2ccc(OC(=O)N(C)C)cc2)cc1. The second kappa shape index (κ2) is 36.5. The Morgan fingerprint density at radius 1 is 0.471 bits per heavy atom. The molecule has 32 heteroatoms. The molecule has 3 saturated heterocycles. The van der Waals surface area contributed by atoms with E-state index in [4.69, 9.17) is 27.4 Å². The second-order valence-electron chi connectivity index (χ2n) is 25.2. The molecule has 0 aromatic heterocycles. The molecule has 6 atom stereocenters. The summed E-state index contributed by atoms with van der Waals surface area (Å²) in [7, 11) is -2.18. The lowest BCUT2D eigenvalue weighted by atomic mass is 10.1. The number of aliphatic imine (C=N–C) groups is 1. The van der Waals surface area contributed by atoms with Crippen LogP contribution in [0.3, 0.4) is 0 Å². The van der Waals surface area contributed by atoms with E-state index in [0.29, 0.717) is 79.9 Å². The lowest BCUT2D eigenvalue weighted by Gasteiger charge is -2.25. The van der Waals surface area contributed by atoms with Crippen molar-refractivity contribution in [3.8, 4) is 17.2 Å². The molecular formula is C72H84N12O17S3. The molecule has 104 heavy (non-hydrogen) atoms. The third kappa shape index (κ3) is 21.7. The number of carboxylic acid groups (broad SMARTS) is 1. The third-order valence-corrected chi connectivity index (χ3v) is 22.5. The van der Waals surface area contributed by atoms with Crippen LogP contribution in [-0.2, 0) is 68.5 Å². The fraction of sp³-hybridized carbons (Fsp3) is 0.361. The van der Waals surface area contributed by atoms with Gasteiger partial charge in [-0.3, -0.25) is 19.4 Å². The van der Waals surface area contributed by atoms with Crippen LogP contribution in [0.1, 0.15) is 69.1 Å². The second-order valence-corrected chi connectivity index (χ2v) is 30.9. The number of sulfonamides is 3. The number of carbonyl (C=O) groups excluding carboxylic acids is 6. The first-order valence-corrected chi connectivity index (χ1v) is 37.2. The van der Waals surface area contributed by atoms with Crippen molar-refractivity contribution in [3.63, 3.8) is 0 Å². The summed E-state index contributed by atoms with van der Waals surface area (Å²) < 4.78 is 97.9. The summed E-state index contributed by atoms with van der Waals surface area (Å²) in [6.07, 6.45) is 2.37. The third-order valence-electron chi connectivity index (χ3n) is 16.7. The first kappa shape index (κ1) is 80.7. The van der Waals surface area contributed by atoms with Crippen molar-refractivity contribution in [2.24, 2.45) is 4.99 Å². The van der Waals surface area contributed by atoms with E-state index in [1.54, 1.807) is 90.8 Å². The maximum absolute atomic E-state index is 13.1. The van der Waals surface area contributed by atoms with E-state index in [1.165, 1.54) is 96.1 Å². The topological polar surface area (TPSA) is 346 Å². The Labute approximate surface area is 606 Å². The zero-order valence-electron chi connectivity index (χ0n) is 58.7. The van der Waals surface area contributed by atoms with Crippen molar-refractivity contribution in [2.75, 3.05) is 61.9 Å². The molecule has 6 aromatic carbocycles. The highest BCUT2D eigenvalue weighted by Gasteiger charge is 2.43. The predicted molar refractivity (Wildman–Crippen MR) is 386 cm³/mol. The molecule has 0 bridgehead atoms. The molecule has 0 unspecified atom stereocenters. The molecule has 3 heterocycles. The van der Waals surface area contributed by atoms with Gasteiger partial charge in [-0.1, -0.05) is 84.9 Å². The average molecular weight is 1490 g/mol. The Morgan fingerprint density at radius 3 is 1.02 bits per heavy atom. The van der Waals surface area contributed by atoms with Crippen LogP contribution in [0.15, 0.2) is 165 Å². The summed E-state index contributed by atoms with van der Waals surface area (Å²) in [5, 5.41) is 18.0. The summed E-state index contributed by atoms with van der Waals surface area (Å²) in [4.78, 5) is 100. The van der Waals surface area contributed by atoms with E-state index in [2.05, 4.69) is 37.4 Å². The molecule has 6 aromatic rings. The Balaban J connectivity index is 0.000000218. The van der Waals surface area contributed by atoms with Crippen molar-refractivity contribution in [3.05, 3.63) is 185 Å². The van der Waals surface area contributed by atoms with Crippen LogP contribution in [0.5, 0.6) is 17.2 Å². The number of carboxylic acids is 1. The number of carbonyl (C=O) groups is 7. The highest BCUT2D eigenvalue weighted by atomic mass is 32.2. The van der Waals surface area contributed by atoms with E-state index >= 15 is 0 Å². The molecule has 29 nitrogen and oxygen atoms in total. The Kier molecular flexibility index (Phi) is 28.3. The standard InChI is InChI=1S/C24H26N4O7S.C24H30N4O5S.C24H28N4O5S/c1-25-17-8-12-19(13-9-17)36(33,34)28-14-4-5-21(28)22(29)26-20(23(30)31)15-16-6-10-18(11-7-16)35-24(32)27(2)3;2*1-17(16-18-7-11-20(12-8-18)33-24(30)27(3)4)26-23(29)22-6-5-15-28(22)34(31,32)21-13-9-19(25-2)10-14-21/h6-13,20-21H,4-5,14-15H2,2-3H3,(H,26,29)(H,30,31);7-14,17,22H,2,5-6,15-16H2,1,3-4H3,(H,26,29);7-14,17,22H,5-6,15-16H2,1,3-4H3,(H,26,29)/t20-,21-;2*17-,22+/m011/s1. The molecule has 0 aliphatic carbocycles. The van der Waals surface area contributed by atoms with E-state index in [0.717, 1.165) is 15.4 Å². The largest absolute Gasteiger partial charge is 0.480 e. The Morgan fingerprint density at radius 2 is 0.750 bits per heavy atom. The van der Waals surface area contributed by atoms with E-state index < -0.39 is 84.4 Å². The van der Waals surface area contributed by atoms with Crippen LogP contribution in [0, 0.1) is 13.1 Å². The zero-order chi connectivity index (χ0) is 76.2. The molecule has 3 fully saturated rings. The predicted octanol–water partition coefficient (Wildman–Crippen LogP) is 8.44. The maximum atomic E-state index is 13.1. The first-order chi connectivity index (χ1) is 49.2. The lowest BCUT2D eigenvalue weighted by Crippen LogP contribution is -2.51. The van der Waals surface area contributed by atoms with Gasteiger partial charge in [-0.2, -0.15) is 12.9 Å². The number of nitrogens with one attached hydrogen (secondary N) is 3. The van der Waals surface area contributed by atoms with E-state index in [9.17, 15) is 63.9 Å². The molecule has 6 amide bonds. The van der Waals surface area contributed by atoms with Gasteiger partial charge in [-0.05, 0) is 149 Å². The van der Waals surface area contributed by atoms with Crippen molar-refractivity contribution < 1.29 is 78.1 Å². The van der Waals surface area contributed by atoms with Gasteiger partial charge in [0.2, 0.25) is 47.8 Å². The van der Waals surface area contributed by atoms with Gasteiger partial charge in [0.25, 0.3) is 0 Å². The minimum Gasteiger partial charge on any atom is -0.480 e. The fourth-order valence-corrected chi connectivity index (χ4v) is 16.2. The number of rotatable bonds is 23. The Bertz CT molecular complexity index is 4480. The smallest absolute Gasteiger partial charge is 0.414 e. The highest BCUT2D eigenvalue weighted by molar-refractivity contribution is 7.89. The van der Waals surface area contributed by atoms with Crippen LogP contribution in [0.25, 0.3) is 9.69 Å². The van der Waals surface area contributed by atoms with Crippen molar-refractivity contribution in [1.82, 2.24) is 43.6 Å². The molecular weight excluding hydrogens is 1400 g/mol.